The van der Waals surface area contributed by atoms with Gasteiger partial charge in [0.15, 0.2) is 11.9 Å². The largest absolute Gasteiger partial charge is 0.507 e. The molecule has 186 valence electrons. The van der Waals surface area contributed by atoms with Crippen LogP contribution in [0.25, 0.3) is 22.3 Å². The van der Waals surface area contributed by atoms with Gasteiger partial charge in [0.2, 0.25) is 0 Å². The first-order valence-corrected chi connectivity index (χ1v) is 11.4. The summed E-state index contributed by atoms with van der Waals surface area (Å²) in [5.41, 5.74) is 2.71. The van der Waals surface area contributed by atoms with Gasteiger partial charge < -0.3 is 20.4 Å². The molecule has 0 bridgehead atoms. The first-order chi connectivity index (χ1) is 16.9. The number of rotatable bonds is 5. The number of anilines is 1. The molecule has 1 aliphatic rings. The van der Waals surface area contributed by atoms with E-state index in [1.807, 2.05) is 31.2 Å². The Morgan fingerprint density at radius 2 is 1.91 bits per heavy atom. The van der Waals surface area contributed by atoms with Gasteiger partial charge in [0.05, 0.1) is 11.1 Å². The van der Waals surface area contributed by atoms with Gasteiger partial charge in [0.1, 0.15) is 17.4 Å². The molecule has 3 aromatic carbocycles. The number of benzene rings is 3. The number of aromatic hydroxyl groups is 1. The number of fused-ring (bicyclic) bond motifs is 1. The van der Waals surface area contributed by atoms with Crippen LogP contribution in [0.5, 0.6) is 5.75 Å². The monoisotopic (exact) mass is 480 g/mol. The number of halogens is 1. The van der Waals surface area contributed by atoms with Gasteiger partial charge in [-0.25, -0.2) is 14.4 Å². The molecule has 2 heterocycles. The van der Waals surface area contributed by atoms with Crippen LogP contribution < -0.4 is 10.2 Å². The third-order valence-electron chi connectivity index (χ3n) is 6.25. The van der Waals surface area contributed by atoms with Crippen LogP contribution in [0.3, 0.4) is 0 Å². The highest BCUT2D eigenvalue weighted by atomic mass is 19.1. The van der Waals surface area contributed by atoms with Crippen molar-refractivity contribution in [3.63, 3.8) is 0 Å². The molecule has 8 heteroatoms. The van der Waals surface area contributed by atoms with Crippen LogP contribution in [0.1, 0.15) is 29.4 Å². The molecule has 1 fully saturated rings. The zero-order valence-corrected chi connectivity index (χ0v) is 19.1. The summed E-state index contributed by atoms with van der Waals surface area (Å²) in [6, 6.07) is 18.0. The van der Waals surface area contributed by atoms with Gasteiger partial charge in [-0.05, 0) is 60.9 Å². The number of aliphatic hydroxyl groups excluding tert-OH is 1. The first kappa shape index (κ1) is 22.7. The van der Waals surface area contributed by atoms with E-state index in [1.165, 1.54) is 24.3 Å². The maximum absolute atomic E-state index is 13.2. The Morgan fingerprint density at radius 3 is 2.69 bits per heavy atom. The van der Waals surface area contributed by atoms with E-state index >= 15 is 0 Å². The second kappa shape index (κ2) is 9.31. The zero-order valence-electron chi connectivity index (χ0n) is 19.1. The summed E-state index contributed by atoms with van der Waals surface area (Å²) in [5, 5.41) is 24.5. The van der Waals surface area contributed by atoms with Crippen LogP contribution in [0.2, 0.25) is 0 Å². The molecule has 5 rings (SSSR count). The van der Waals surface area contributed by atoms with Crippen LogP contribution in [-0.4, -0.2) is 45.2 Å². The Bertz CT molecular complexity index is 1410. The van der Waals surface area contributed by atoms with Gasteiger partial charge in [-0.1, -0.05) is 30.3 Å². The van der Waals surface area contributed by atoms with Crippen molar-refractivity contribution in [2.75, 3.05) is 18.0 Å². The number of nitrogens with zero attached hydrogens (tertiary/aromatic N) is 3. The molecule has 1 aliphatic heterocycles. The predicted molar refractivity (Wildman–Crippen MR) is 140 cm³/mol. The Morgan fingerprint density at radius 1 is 1.14 bits per heavy atom. The van der Waals surface area contributed by atoms with Crippen molar-refractivity contribution >= 4 is 22.6 Å². The van der Waals surface area contributed by atoms with E-state index in [1.54, 1.807) is 18.2 Å². The molecular weight excluding hydrogens is 447 g/mol. The maximum atomic E-state index is 13.2. The van der Waals surface area contributed by atoms with Crippen LogP contribution in [-0.2, 0) is 4.79 Å². The number of aromatic nitrogens is 2. The number of carbonyl (C=O) groups excluding carboxylic acids is 1. The maximum Gasteiger partial charge on any atom is 0.253 e. The Balaban J connectivity index is 0.00000190. The van der Waals surface area contributed by atoms with E-state index in [-0.39, 0.29) is 17.5 Å². The highest BCUT2D eigenvalue weighted by molar-refractivity contribution is 5.92. The molecular formula is C27H33FN4O3. The van der Waals surface area contributed by atoms with Crippen molar-refractivity contribution < 1.29 is 25.1 Å². The molecule has 2 atom stereocenters. The van der Waals surface area contributed by atoms with Gasteiger partial charge >= 0.3 is 0 Å². The number of hydrogen-bond donors (Lipinski definition) is 3. The predicted octanol–water partition coefficient (Wildman–Crippen LogP) is 4.86. The van der Waals surface area contributed by atoms with Gasteiger partial charge in [-0.2, -0.15) is 0 Å². The topological polar surface area (TPSA) is 98.6 Å². The van der Waals surface area contributed by atoms with Crippen LogP contribution in [0, 0.1) is 12.7 Å². The standard InChI is InChI=1S/C27H25FN4O3.4H2/c1-16-6-11-20-22(14-16)30-25(21-4-2-3-5-23(21)33)31-26(20)32-13-12-19(15-32)29-27(35)24(34)17-7-9-18(28)10-8-17;;;;/h2-11,14,19,24,33-34H,12-13,15H2,1H3,(H,29,35);4*1H/t19-,24?;;;;/m1..../s1. The van der Waals surface area contributed by atoms with Crippen LogP contribution in [0.4, 0.5) is 10.2 Å². The lowest BCUT2D eigenvalue weighted by Crippen LogP contribution is -2.40. The van der Waals surface area contributed by atoms with Crippen LogP contribution >= 0.6 is 0 Å². The van der Waals surface area contributed by atoms with Crippen molar-refractivity contribution in [2.24, 2.45) is 0 Å². The minimum absolute atomic E-state index is 0. The van der Waals surface area contributed by atoms with Gasteiger partial charge in [0.25, 0.3) is 5.91 Å². The summed E-state index contributed by atoms with van der Waals surface area (Å²) in [6.45, 7) is 3.15. The second-order valence-electron chi connectivity index (χ2n) is 8.80. The molecule has 0 radical (unpaired) electrons. The molecule has 3 N–H and O–H groups in total. The number of phenols is 1. The third-order valence-corrected chi connectivity index (χ3v) is 6.25. The molecule has 7 nitrogen and oxygen atoms in total. The van der Waals surface area contributed by atoms with E-state index in [0.29, 0.717) is 36.5 Å². The van der Waals surface area contributed by atoms with Crippen molar-refractivity contribution in [1.29, 1.82) is 0 Å². The number of phenolic OH excluding ortho intramolecular Hbond substituents is 1. The van der Waals surface area contributed by atoms with Crippen LogP contribution in [0.15, 0.2) is 66.7 Å². The summed E-state index contributed by atoms with van der Waals surface area (Å²) in [4.78, 5) is 24.2. The number of aliphatic hydroxyl groups is 1. The molecule has 0 spiro atoms. The fourth-order valence-corrected chi connectivity index (χ4v) is 4.39. The van der Waals surface area contributed by atoms with Gasteiger partial charge in [-0.15, -0.1) is 0 Å². The summed E-state index contributed by atoms with van der Waals surface area (Å²) < 4.78 is 13.2. The number of para-hydroxylation sites is 1. The second-order valence-corrected chi connectivity index (χ2v) is 8.80. The van der Waals surface area contributed by atoms with Crippen molar-refractivity contribution in [2.45, 2.75) is 25.5 Å². The number of nitrogens with one attached hydrogen (secondary N) is 1. The summed E-state index contributed by atoms with van der Waals surface area (Å²) in [5.74, 6) is 0.302. The van der Waals surface area contributed by atoms with Crippen molar-refractivity contribution in [1.82, 2.24) is 15.3 Å². The summed E-state index contributed by atoms with van der Waals surface area (Å²) in [7, 11) is 0. The lowest BCUT2D eigenvalue weighted by Gasteiger charge is -2.21. The Labute approximate surface area is 207 Å². The highest BCUT2D eigenvalue weighted by Crippen LogP contribution is 2.33. The van der Waals surface area contributed by atoms with E-state index in [9.17, 15) is 19.4 Å². The molecule has 4 aromatic rings. The fourth-order valence-electron chi connectivity index (χ4n) is 4.39. The average molecular weight is 481 g/mol. The summed E-state index contributed by atoms with van der Waals surface area (Å²) in [6.07, 6.45) is -0.703. The normalized spacial score (nSPS) is 16.4. The molecule has 35 heavy (non-hydrogen) atoms. The fraction of sp³-hybridized carbons (Fsp3) is 0.222. The van der Waals surface area contributed by atoms with E-state index in [4.69, 9.17) is 9.97 Å². The average Bonchev–Trinajstić information content (AvgIpc) is 3.31. The number of amides is 1. The number of hydrogen-bond acceptors (Lipinski definition) is 6. The Kier molecular flexibility index (Phi) is 6.05. The number of aryl methyl sites for hydroxylation is 1. The smallest absolute Gasteiger partial charge is 0.253 e. The third kappa shape index (κ3) is 4.65. The quantitative estimate of drug-likeness (QED) is 0.377. The van der Waals surface area contributed by atoms with Crippen molar-refractivity contribution in [3.05, 3.63) is 83.7 Å². The van der Waals surface area contributed by atoms with Gasteiger partial charge in [-0.3, -0.25) is 4.79 Å². The lowest BCUT2D eigenvalue weighted by molar-refractivity contribution is -0.130. The van der Waals surface area contributed by atoms with Crippen molar-refractivity contribution in [3.8, 4) is 17.1 Å². The van der Waals surface area contributed by atoms with Gasteiger partial charge in [0, 0.05) is 30.2 Å². The molecule has 1 saturated heterocycles. The molecule has 1 aromatic heterocycles. The SMILES string of the molecule is Cc1ccc2c(N3CC[C@@H](NC(=O)C(O)c4ccc(F)cc4)C3)nc(-c3ccccc3O)nc2c1.[HH].[HH].[HH].[HH]. The molecule has 0 saturated carbocycles. The minimum Gasteiger partial charge on any atom is -0.507 e. The van der Waals surface area contributed by atoms with E-state index in [2.05, 4.69) is 10.2 Å². The zero-order chi connectivity index (χ0) is 24.5. The molecule has 1 amide bonds. The molecule has 1 unspecified atom stereocenters. The highest BCUT2D eigenvalue weighted by Gasteiger charge is 2.29. The lowest BCUT2D eigenvalue weighted by atomic mass is 10.1. The van der Waals surface area contributed by atoms with E-state index < -0.39 is 17.8 Å². The molecule has 0 aliphatic carbocycles. The Hall–Kier alpha value is -4.04. The first-order valence-electron chi connectivity index (χ1n) is 11.4. The minimum atomic E-state index is -1.37. The van der Waals surface area contributed by atoms with E-state index in [0.717, 1.165) is 22.3 Å². The summed E-state index contributed by atoms with van der Waals surface area (Å²) >= 11 is 0. The number of carbonyl (C=O) groups is 1.